The van der Waals surface area contributed by atoms with E-state index in [1.807, 2.05) is 18.2 Å². The molecule has 0 amide bonds. The number of hydrogen-bond donors (Lipinski definition) is 2. The molecule has 0 unspecified atom stereocenters. The lowest BCUT2D eigenvalue weighted by Gasteiger charge is -2.29. The minimum atomic E-state index is 0.220. The van der Waals surface area contributed by atoms with E-state index in [-0.39, 0.29) is 6.04 Å². The van der Waals surface area contributed by atoms with E-state index in [0.717, 1.165) is 47.1 Å². The summed E-state index contributed by atoms with van der Waals surface area (Å²) in [5, 5.41) is 12.1. The number of likely N-dealkylation sites (tertiary alicyclic amines) is 1. The van der Waals surface area contributed by atoms with E-state index in [0.29, 0.717) is 0 Å². The standard InChI is InChI=1S/C17H19ClN6/c18-14-6-2-1-5-12(14)15(24-7-3-4-8-24)10-19-16-13-9-22-23-17(13)21-11-20-16/h1-2,5-6,9,11,15H,3-4,7-8,10H2,(H2,19,20,21,22,23)/t15-/m0/s1. The summed E-state index contributed by atoms with van der Waals surface area (Å²) in [5.41, 5.74) is 1.90. The molecule has 3 heterocycles. The molecular formula is C17H19ClN6. The van der Waals surface area contributed by atoms with E-state index >= 15 is 0 Å². The van der Waals surface area contributed by atoms with Crippen LogP contribution >= 0.6 is 11.6 Å². The molecule has 7 heteroatoms. The Labute approximate surface area is 145 Å². The summed E-state index contributed by atoms with van der Waals surface area (Å²) in [6.45, 7) is 2.94. The molecule has 0 spiro atoms. The highest BCUT2D eigenvalue weighted by molar-refractivity contribution is 6.31. The van der Waals surface area contributed by atoms with Gasteiger partial charge in [-0.3, -0.25) is 10.00 Å². The molecule has 3 aromatic rings. The SMILES string of the molecule is Clc1ccccc1[C@H](CNc1ncnc2[nH]ncc12)N1CCCC1. The highest BCUT2D eigenvalue weighted by Gasteiger charge is 2.25. The fraction of sp³-hybridized carbons (Fsp3) is 0.353. The average molecular weight is 343 g/mol. The molecule has 2 aromatic heterocycles. The maximum Gasteiger partial charge on any atom is 0.160 e. The second kappa shape index (κ2) is 6.75. The molecule has 4 rings (SSSR count). The van der Waals surface area contributed by atoms with Crippen LogP contribution in [0.3, 0.4) is 0 Å². The van der Waals surface area contributed by atoms with E-state index in [9.17, 15) is 0 Å². The Balaban J connectivity index is 1.60. The molecular weight excluding hydrogens is 324 g/mol. The van der Waals surface area contributed by atoms with Crippen LogP contribution in [-0.2, 0) is 0 Å². The van der Waals surface area contributed by atoms with Crippen molar-refractivity contribution in [3.8, 4) is 0 Å². The number of benzene rings is 1. The minimum absolute atomic E-state index is 0.220. The average Bonchev–Trinajstić information content (AvgIpc) is 3.28. The van der Waals surface area contributed by atoms with E-state index in [1.54, 1.807) is 12.5 Å². The monoisotopic (exact) mass is 342 g/mol. The van der Waals surface area contributed by atoms with Gasteiger partial charge < -0.3 is 5.32 Å². The highest BCUT2D eigenvalue weighted by Crippen LogP contribution is 2.30. The number of H-pyrrole nitrogens is 1. The zero-order chi connectivity index (χ0) is 16.4. The summed E-state index contributed by atoms with van der Waals surface area (Å²) in [4.78, 5) is 11.0. The normalized spacial score (nSPS) is 16.5. The van der Waals surface area contributed by atoms with Crippen LogP contribution in [0.4, 0.5) is 5.82 Å². The second-order valence-corrected chi connectivity index (χ2v) is 6.42. The zero-order valence-electron chi connectivity index (χ0n) is 13.2. The van der Waals surface area contributed by atoms with Gasteiger partial charge in [0.1, 0.15) is 12.1 Å². The lowest BCUT2D eigenvalue weighted by molar-refractivity contribution is 0.256. The van der Waals surface area contributed by atoms with Crippen LogP contribution in [0.2, 0.25) is 5.02 Å². The summed E-state index contributed by atoms with van der Waals surface area (Å²) in [6.07, 6.45) is 5.77. The van der Waals surface area contributed by atoms with Crippen molar-refractivity contribution in [2.45, 2.75) is 18.9 Å². The lowest BCUT2D eigenvalue weighted by atomic mass is 10.1. The van der Waals surface area contributed by atoms with Gasteiger partial charge in [0.25, 0.3) is 0 Å². The Morgan fingerprint density at radius 3 is 2.88 bits per heavy atom. The minimum Gasteiger partial charge on any atom is -0.367 e. The summed E-state index contributed by atoms with van der Waals surface area (Å²) >= 11 is 6.46. The first-order valence-electron chi connectivity index (χ1n) is 8.19. The van der Waals surface area contributed by atoms with Gasteiger partial charge in [0.2, 0.25) is 0 Å². The number of aromatic nitrogens is 4. The fourth-order valence-electron chi connectivity index (χ4n) is 3.33. The zero-order valence-corrected chi connectivity index (χ0v) is 14.0. The van der Waals surface area contributed by atoms with Crippen molar-refractivity contribution < 1.29 is 0 Å². The van der Waals surface area contributed by atoms with E-state index in [2.05, 4.69) is 36.4 Å². The Hall–Kier alpha value is -2.18. The largest absolute Gasteiger partial charge is 0.367 e. The van der Waals surface area contributed by atoms with Crippen molar-refractivity contribution in [1.29, 1.82) is 0 Å². The Morgan fingerprint density at radius 2 is 2.04 bits per heavy atom. The summed E-state index contributed by atoms with van der Waals surface area (Å²) in [7, 11) is 0. The summed E-state index contributed by atoms with van der Waals surface area (Å²) in [6, 6.07) is 8.31. The molecule has 1 fully saturated rings. The molecule has 24 heavy (non-hydrogen) atoms. The topological polar surface area (TPSA) is 69.7 Å². The van der Waals surface area contributed by atoms with E-state index in [1.165, 1.54) is 12.8 Å². The summed E-state index contributed by atoms with van der Waals surface area (Å²) < 4.78 is 0. The molecule has 2 N–H and O–H groups in total. The third-order valence-corrected chi connectivity index (χ3v) is 4.90. The van der Waals surface area contributed by atoms with Crippen molar-refractivity contribution in [3.63, 3.8) is 0 Å². The molecule has 1 aliphatic rings. The number of anilines is 1. The van der Waals surface area contributed by atoms with E-state index in [4.69, 9.17) is 11.6 Å². The van der Waals surface area contributed by atoms with Gasteiger partial charge in [-0.1, -0.05) is 29.8 Å². The number of nitrogens with zero attached hydrogens (tertiary/aromatic N) is 4. The van der Waals surface area contributed by atoms with Crippen molar-refractivity contribution >= 4 is 28.5 Å². The van der Waals surface area contributed by atoms with Gasteiger partial charge in [0, 0.05) is 11.6 Å². The number of nitrogens with one attached hydrogen (secondary N) is 2. The Bertz CT molecular complexity index is 827. The van der Waals surface area contributed by atoms with Crippen molar-refractivity contribution in [2.24, 2.45) is 0 Å². The molecule has 0 aliphatic carbocycles. The molecule has 0 bridgehead atoms. The first kappa shape index (κ1) is 15.4. The van der Waals surface area contributed by atoms with Crippen molar-refractivity contribution in [1.82, 2.24) is 25.1 Å². The van der Waals surface area contributed by atoms with Gasteiger partial charge in [-0.25, -0.2) is 9.97 Å². The number of fused-ring (bicyclic) bond motifs is 1. The van der Waals surface area contributed by atoms with E-state index < -0.39 is 0 Å². The van der Waals surface area contributed by atoms with Crippen LogP contribution in [0.25, 0.3) is 11.0 Å². The molecule has 124 valence electrons. The number of rotatable bonds is 5. The van der Waals surface area contributed by atoms with Crippen LogP contribution < -0.4 is 5.32 Å². The smallest absolute Gasteiger partial charge is 0.160 e. The van der Waals surface area contributed by atoms with Gasteiger partial charge in [0.05, 0.1) is 17.6 Å². The first-order valence-corrected chi connectivity index (χ1v) is 8.57. The van der Waals surface area contributed by atoms with Crippen LogP contribution in [0.5, 0.6) is 0 Å². The third-order valence-electron chi connectivity index (χ3n) is 4.56. The Morgan fingerprint density at radius 1 is 1.21 bits per heavy atom. The van der Waals surface area contributed by atoms with Crippen LogP contribution in [0.15, 0.2) is 36.8 Å². The molecule has 1 aliphatic heterocycles. The molecule has 1 aromatic carbocycles. The number of halogens is 1. The first-order chi connectivity index (χ1) is 11.8. The fourth-order valence-corrected chi connectivity index (χ4v) is 3.60. The number of hydrogen-bond acceptors (Lipinski definition) is 5. The quantitative estimate of drug-likeness (QED) is 0.744. The maximum absolute atomic E-state index is 6.46. The van der Waals surface area contributed by atoms with Crippen molar-refractivity contribution in [2.75, 3.05) is 25.0 Å². The highest BCUT2D eigenvalue weighted by atomic mass is 35.5. The van der Waals surface area contributed by atoms with Crippen LogP contribution in [0.1, 0.15) is 24.4 Å². The van der Waals surface area contributed by atoms with Gasteiger partial charge in [-0.15, -0.1) is 0 Å². The third kappa shape index (κ3) is 2.95. The van der Waals surface area contributed by atoms with Gasteiger partial charge in [0.15, 0.2) is 5.65 Å². The molecule has 1 atom stereocenters. The number of aromatic amines is 1. The summed E-state index contributed by atoms with van der Waals surface area (Å²) in [5.74, 6) is 0.796. The predicted molar refractivity (Wildman–Crippen MR) is 95.2 cm³/mol. The molecule has 6 nitrogen and oxygen atoms in total. The second-order valence-electron chi connectivity index (χ2n) is 6.02. The van der Waals surface area contributed by atoms with Gasteiger partial charge >= 0.3 is 0 Å². The molecule has 1 saturated heterocycles. The maximum atomic E-state index is 6.46. The van der Waals surface area contributed by atoms with Crippen LogP contribution in [0, 0.1) is 0 Å². The Kier molecular flexibility index (Phi) is 4.32. The van der Waals surface area contributed by atoms with Crippen LogP contribution in [-0.4, -0.2) is 44.7 Å². The lowest BCUT2D eigenvalue weighted by Crippen LogP contribution is -2.31. The van der Waals surface area contributed by atoms with Gasteiger partial charge in [-0.05, 0) is 37.6 Å². The molecule has 0 radical (unpaired) electrons. The molecule has 0 saturated carbocycles. The van der Waals surface area contributed by atoms with Crippen molar-refractivity contribution in [3.05, 3.63) is 47.4 Å². The van der Waals surface area contributed by atoms with Gasteiger partial charge in [-0.2, -0.15) is 5.10 Å². The predicted octanol–water partition coefficient (Wildman–Crippen LogP) is 3.26.